The molecule has 136 valence electrons. The molecule has 5 heteroatoms. The molecule has 1 N–H and O–H groups in total. The molecule has 24 heavy (non-hydrogen) atoms. The second kappa shape index (κ2) is 7.75. The second-order valence-corrected chi connectivity index (χ2v) is 8.60. The Morgan fingerprint density at radius 3 is 2.04 bits per heavy atom. The lowest BCUT2D eigenvalue weighted by atomic mass is 9.95. The number of carbonyl (C=O) groups is 1. The smallest absolute Gasteiger partial charge is 0.411 e. The Kier molecular flexibility index (Phi) is 6.71. The summed E-state index contributed by atoms with van der Waals surface area (Å²) in [4.78, 5) is 14.4. The average molecular weight is 356 g/mol. The minimum absolute atomic E-state index is 0.402. The van der Waals surface area contributed by atoms with E-state index in [1.54, 1.807) is 11.8 Å². The maximum Gasteiger partial charge on any atom is 0.411 e. The highest BCUT2D eigenvalue weighted by atomic mass is 35.5. The molecule has 0 aromatic heterocycles. The maximum absolute atomic E-state index is 12.8. The summed E-state index contributed by atoms with van der Waals surface area (Å²) in [6.07, 6.45) is -0.604. The van der Waals surface area contributed by atoms with Crippen LogP contribution in [0.1, 0.15) is 54.0 Å². The predicted octanol–water partition coefficient (Wildman–Crippen LogP) is 4.67. The highest BCUT2D eigenvalue weighted by Gasteiger charge is 2.38. The van der Waals surface area contributed by atoms with Crippen molar-refractivity contribution in [3.05, 3.63) is 34.9 Å². The number of rotatable bonds is 4. The number of ether oxygens (including phenoxy) is 1. The van der Waals surface area contributed by atoms with Gasteiger partial charge in [-0.1, -0.05) is 23.7 Å². The summed E-state index contributed by atoms with van der Waals surface area (Å²) in [5.41, 5.74) is -0.0799. The van der Waals surface area contributed by atoms with Crippen LogP contribution in [0.15, 0.2) is 24.3 Å². The lowest BCUT2D eigenvalue weighted by molar-refractivity contribution is -0.0304. The summed E-state index contributed by atoms with van der Waals surface area (Å²) in [6.45, 7) is 13.0. The molecule has 0 aliphatic rings. The SMILES string of the molecule is CC(O)[C@@H](Cc1ccc(Cl)cc1)N(C(=O)OC(C)(C)C)C(C)(C)C. The van der Waals surface area contributed by atoms with E-state index in [1.807, 2.05) is 65.8 Å². The molecular weight excluding hydrogens is 326 g/mol. The van der Waals surface area contributed by atoms with Gasteiger partial charge in [-0.15, -0.1) is 0 Å². The Bertz CT molecular complexity index is 541. The van der Waals surface area contributed by atoms with Gasteiger partial charge in [-0.2, -0.15) is 0 Å². The monoisotopic (exact) mass is 355 g/mol. The summed E-state index contributed by atoms with van der Waals surface area (Å²) in [5, 5.41) is 11.0. The summed E-state index contributed by atoms with van der Waals surface area (Å²) in [5.74, 6) is 0. The fourth-order valence-corrected chi connectivity index (χ4v) is 2.68. The molecule has 0 fully saturated rings. The number of nitrogens with zero attached hydrogens (tertiary/aromatic N) is 1. The topological polar surface area (TPSA) is 49.8 Å². The van der Waals surface area contributed by atoms with E-state index in [2.05, 4.69) is 0 Å². The van der Waals surface area contributed by atoms with Crippen LogP contribution in [0.25, 0.3) is 0 Å². The molecule has 0 heterocycles. The van der Waals surface area contributed by atoms with Gasteiger partial charge in [0.25, 0.3) is 0 Å². The van der Waals surface area contributed by atoms with Crippen molar-refractivity contribution in [3.8, 4) is 0 Å². The predicted molar refractivity (Wildman–Crippen MR) is 98.5 cm³/mol. The summed E-state index contributed by atoms with van der Waals surface area (Å²) in [7, 11) is 0. The zero-order chi connectivity index (χ0) is 18.7. The molecule has 1 amide bonds. The van der Waals surface area contributed by atoms with Gasteiger partial charge in [-0.3, -0.25) is 4.90 Å². The standard InChI is InChI=1S/C19H30ClNO3/c1-13(22)16(12-14-8-10-15(20)11-9-14)21(18(2,3)4)17(23)24-19(5,6)7/h8-11,13,16,22H,12H2,1-7H3/t13?,16-/m1/s1. The first-order valence-corrected chi connectivity index (χ1v) is 8.64. The average Bonchev–Trinajstić information content (AvgIpc) is 2.36. The number of benzene rings is 1. The van der Waals surface area contributed by atoms with Gasteiger partial charge in [0.2, 0.25) is 0 Å². The first kappa shape index (κ1) is 20.8. The first-order chi connectivity index (χ1) is 10.8. The van der Waals surface area contributed by atoms with Crippen LogP contribution in [0, 0.1) is 0 Å². The number of aliphatic hydroxyl groups is 1. The molecule has 2 atom stereocenters. The highest BCUT2D eigenvalue weighted by Crippen LogP contribution is 2.25. The van der Waals surface area contributed by atoms with E-state index in [1.165, 1.54) is 0 Å². The fraction of sp³-hybridized carbons (Fsp3) is 0.632. The van der Waals surface area contributed by atoms with Crippen LogP contribution in [0.3, 0.4) is 0 Å². The van der Waals surface area contributed by atoms with Crippen molar-refractivity contribution in [3.63, 3.8) is 0 Å². The maximum atomic E-state index is 12.8. The van der Waals surface area contributed by atoms with Gasteiger partial charge in [0, 0.05) is 10.6 Å². The Hall–Kier alpha value is -1.26. The number of amides is 1. The summed E-state index contributed by atoms with van der Waals surface area (Å²) in [6, 6.07) is 7.04. The van der Waals surface area contributed by atoms with E-state index in [-0.39, 0.29) is 0 Å². The minimum atomic E-state index is -0.701. The lowest BCUT2D eigenvalue weighted by Crippen LogP contribution is -2.57. The fourth-order valence-electron chi connectivity index (χ4n) is 2.56. The molecule has 0 bridgehead atoms. The Morgan fingerprint density at radius 1 is 1.17 bits per heavy atom. The molecular formula is C19H30ClNO3. The molecule has 4 nitrogen and oxygen atoms in total. The van der Waals surface area contributed by atoms with Gasteiger partial charge in [-0.05, 0) is 72.6 Å². The number of hydrogen-bond donors (Lipinski definition) is 1. The van der Waals surface area contributed by atoms with Crippen molar-refractivity contribution in [1.82, 2.24) is 4.90 Å². The van der Waals surface area contributed by atoms with Crippen LogP contribution in [0.5, 0.6) is 0 Å². The van der Waals surface area contributed by atoms with Gasteiger partial charge in [0.15, 0.2) is 0 Å². The van der Waals surface area contributed by atoms with Crippen LogP contribution in [-0.2, 0) is 11.2 Å². The molecule has 0 saturated heterocycles. The number of hydrogen-bond acceptors (Lipinski definition) is 3. The second-order valence-electron chi connectivity index (χ2n) is 8.16. The third-order valence-corrected chi connectivity index (χ3v) is 3.81. The van der Waals surface area contributed by atoms with Crippen molar-refractivity contribution < 1.29 is 14.6 Å². The first-order valence-electron chi connectivity index (χ1n) is 8.26. The van der Waals surface area contributed by atoms with Crippen molar-refractivity contribution in [2.24, 2.45) is 0 Å². The van der Waals surface area contributed by atoms with Gasteiger partial charge < -0.3 is 9.84 Å². The van der Waals surface area contributed by atoms with Gasteiger partial charge in [0.1, 0.15) is 5.60 Å². The van der Waals surface area contributed by atoms with E-state index in [0.29, 0.717) is 11.4 Å². The largest absolute Gasteiger partial charge is 0.444 e. The van der Waals surface area contributed by atoms with Gasteiger partial charge in [-0.25, -0.2) is 4.79 Å². The van der Waals surface area contributed by atoms with Gasteiger partial charge in [0.05, 0.1) is 12.1 Å². The third kappa shape index (κ3) is 6.33. The lowest BCUT2D eigenvalue weighted by Gasteiger charge is -2.43. The Balaban J connectivity index is 3.14. The molecule has 0 aliphatic heterocycles. The quantitative estimate of drug-likeness (QED) is 0.853. The third-order valence-electron chi connectivity index (χ3n) is 3.56. The highest BCUT2D eigenvalue weighted by molar-refractivity contribution is 6.30. The molecule has 1 aromatic rings. The van der Waals surface area contributed by atoms with Crippen molar-refractivity contribution in [2.75, 3.05) is 0 Å². The zero-order valence-corrected chi connectivity index (χ0v) is 16.5. The van der Waals surface area contributed by atoms with Crippen LogP contribution in [0.4, 0.5) is 4.79 Å². The van der Waals surface area contributed by atoms with Crippen LogP contribution in [0.2, 0.25) is 5.02 Å². The molecule has 0 saturated carbocycles. The molecule has 0 aliphatic carbocycles. The van der Waals surface area contributed by atoms with Crippen molar-refractivity contribution in [2.45, 2.75) is 78.2 Å². The molecule has 1 rings (SSSR count). The summed E-state index contributed by atoms with van der Waals surface area (Å²) >= 11 is 5.94. The number of halogens is 1. The molecule has 1 aromatic carbocycles. The van der Waals surface area contributed by atoms with Crippen molar-refractivity contribution in [1.29, 1.82) is 0 Å². The Labute approximate surface area is 150 Å². The number of carbonyl (C=O) groups excluding carboxylic acids is 1. The van der Waals surface area contributed by atoms with Gasteiger partial charge >= 0.3 is 6.09 Å². The van der Waals surface area contributed by atoms with E-state index in [4.69, 9.17) is 16.3 Å². The molecule has 0 radical (unpaired) electrons. The van der Waals surface area contributed by atoms with Crippen LogP contribution >= 0.6 is 11.6 Å². The zero-order valence-electron chi connectivity index (χ0n) is 15.8. The molecule has 0 spiro atoms. The summed E-state index contributed by atoms with van der Waals surface area (Å²) < 4.78 is 5.57. The minimum Gasteiger partial charge on any atom is -0.444 e. The molecule has 1 unspecified atom stereocenters. The van der Waals surface area contributed by atoms with E-state index >= 15 is 0 Å². The van der Waals surface area contributed by atoms with E-state index in [9.17, 15) is 9.90 Å². The van der Waals surface area contributed by atoms with Crippen molar-refractivity contribution >= 4 is 17.7 Å². The van der Waals surface area contributed by atoms with Crippen LogP contribution in [-0.4, -0.2) is 39.4 Å². The Morgan fingerprint density at radius 2 is 1.67 bits per heavy atom. The van der Waals surface area contributed by atoms with E-state index in [0.717, 1.165) is 5.56 Å². The van der Waals surface area contributed by atoms with E-state index < -0.39 is 29.4 Å². The number of aliphatic hydroxyl groups excluding tert-OH is 1. The normalized spacial score (nSPS) is 14.9. The van der Waals surface area contributed by atoms with Crippen LogP contribution < -0.4 is 0 Å².